The second-order valence-corrected chi connectivity index (χ2v) is 5.73. The molecule has 0 fully saturated rings. The number of nitrogens with zero attached hydrogens (tertiary/aromatic N) is 2. The Balaban J connectivity index is 1.82. The van der Waals surface area contributed by atoms with Crippen LogP contribution in [0, 0.1) is 22.7 Å². The van der Waals surface area contributed by atoms with Crippen LogP contribution < -0.4 is 5.32 Å². The first-order chi connectivity index (χ1) is 12.7. The molecule has 1 amide bonds. The topological polar surface area (TPSA) is 76.7 Å². The lowest BCUT2D eigenvalue weighted by Gasteiger charge is -2.11. The minimum absolute atomic E-state index is 0.234. The van der Waals surface area contributed by atoms with Gasteiger partial charge in [-0.1, -0.05) is 42.5 Å². The Bertz CT molecular complexity index is 1040. The highest BCUT2D eigenvalue weighted by atomic mass is 16.1. The zero-order valence-corrected chi connectivity index (χ0v) is 13.9. The van der Waals surface area contributed by atoms with Crippen molar-refractivity contribution in [1.82, 2.24) is 5.32 Å². The summed E-state index contributed by atoms with van der Waals surface area (Å²) in [5, 5.41) is 20.9. The molecule has 0 spiro atoms. The maximum atomic E-state index is 12.4. The van der Waals surface area contributed by atoms with E-state index in [0.29, 0.717) is 23.2 Å². The Kier molecular flexibility index (Phi) is 5.08. The third-order valence-corrected chi connectivity index (χ3v) is 4.01. The van der Waals surface area contributed by atoms with Gasteiger partial charge in [0, 0.05) is 12.1 Å². The van der Waals surface area contributed by atoms with E-state index in [-0.39, 0.29) is 5.91 Å². The third kappa shape index (κ3) is 3.77. The molecular formula is C22H15N3O. The summed E-state index contributed by atoms with van der Waals surface area (Å²) in [7, 11) is 0. The molecule has 4 heteroatoms. The molecule has 0 atom stereocenters. The summed E-state index contributed by atoms with van der Waals surface area (Å²) in [4.78, 5) is 12.4. The first kappa shape index (κ1) is 17.0. The third-order valence-electron chi connectivity index (χ3n) is 4.01. The molecule has 1 N–H and O–H groups in total. The summed E-state index contributed by atoms with van der Waals surface area (Å²) >= 11 is 0. The summed E-state index contributed by atoms with van der Waals surface area (Å²) in [6.07, 6.45) is 0. The summed E-state index contributed by atoms with van der Waals surface area (Å²) in [6, 6.07) is 25.9. The Labute approximate surface area is 152 Å². The normalized spacial score (nSPS) is 9.77. The smallest absolute Gasteiger partial charge is 0.251 e. The lowest BCUT2D eigenvalue weighted by atomic mass is 9.98. The van der Waals surface area contributed by atoms with Crippen LogP contribution in [0.3, 0.4) is 0 Å². The van der Waals surface area contributed by atoms with Crippen molar-refractivity contribution in [1.29, 1.82) is 10.5 Å². The fourth-order valence-corrected chi connectivity index (χ4v) is 2.72. The fraction of sp³-hybridized carbons (Fsp3) is 0.0455. The zero-order valence-electron chi connectivity index (χ0n) is 13.9. The van der Waals surface area contributed by atoms with Gasteiger partial charge in [-0.3, -0.25) is 4.79 Å². The zero-order chi connectivity index (χ0) is 18.4. The predicted octanol–water partition coefficient (Wildman–Crippen LogP) is 4.03. The van der Waals surface area contributed by atoms with E-state index in [1.165, 1.54) is 0 Å². The van der Waals surface area contributed by atoms with Gasteiger partial charge in [-0.15, -0.1) is 0 Å². The van der Waals surface area contributed by atoms with Crippen LogP contribution in [0.1, 0.15) is 27.0 Å². The van der Waals surface area contributed by atoms with Crippen molar-refractivity contribution in [3.63, 3.8) is 0 Å². The quantitative estimate of drug-likeness (QED) is 0.781. The first-order valence-electron chi connectivity index (χ1n) is 8.08. The molecule has 0 aliphatic carbocycles. The fourth-order valence-electron chi connectivity index (χ4n) is 2.72. The van der Waals surface area contributed by atoms with Crippen LogP contribution in [0.4, 0.5) is 0 Å². The molecule has 0 bridgehead atoms. The van der Waals surface area contributed by atoms with E-state index in [1.807, 2.05) is 48.5 Å². The molecule has 124 valence electrons. The van der Waals surface area contributed by atoms with Gasteiger partial charge in [0.05, 0.1) is 23.3 Å². The second-order valence-electron chi connectivity index (χ2n) is 5.73. The molecule has 0 saturated heterocycles. The Morgan fingerprint density at radius 3 is 2.31 bits per heavy atom. The summed E-state index contributed by atoms with van der Waals surface area (Å²) in [6.45, 7) is 0.350. The van der Waals surface area contributed by atoms with Crippen LogP contribution in [0.2, 0.25) is 0 Å². The van der Waals surface area contributed by atoms with Gasteiger partial charge >= 0.3 is 0 Å². The maximum absolute atomic E-state index is 12.4. The van der Waals surface area contributed by atoms with Crippen LogP contribution >= 0.6 is 0 Å². The van der Waals surface area contributed by atoms with E-state index >= 15 is 0 Å². The van der Waals surface area contributed by atoms with Gasteiger partial charge in [-0.25, -0.2) is 0 Å². The molecule has 3 aromatic rings. The molecule has 0 heterocycles. The SMILES string of the molecule is N#Cc1cccc(C(=O)NCc2ccccc2-c2cccc(C#N)c2)c1. The molecule has 3 aromatic carbocycles. The van der Waals surface area contributed by atoms with Gasteiger partial charge in [-0.2, -0.15) is 10.5 Å². The maximum Gasteiger partial charge on any atom is 0.251 e. The number of hydrogen-bond acceptors (Lipinski definition) is 3. The standard InChI is InChI=1S/C22H15N3O/c23-13-16-5-3-8-18(11-16)21-10-2-1-7-20(21)15-25-22(26)19-9-4-6-17(12-19)14-24/h1-12H,15H2,(H,25,26). The van der Waals surface area contributed by atoms with Crippen molar-refractivity contribution in [3.8, 4) is 23.3 Å². The van der Waals surface area contributed by atoms with Crippen LogP contribution in [-0.4, -0.2) is 5.91 Å². The molecule has 0 aliphatic heterocycles. The highest BCUT2D eigenvalue weighted by Gasteiger charge is 2.09. The molecule has 0 aliphatic rings. The number of benzene rings is 3. The number of amides is 1. The summed E-state index contributed by atoms with van der Waals surface area (Å²) in [5.74, 6) is -0.234. The second kappa shape index (κ2) is 7.79. The van der Waals surface area contributed by atoms with E-state index in [0.717, 1.165) is 16.7 Å². The summed E-state index contributed by atoms with van der Waals surface area (Å²) in [5.41, 5.74) is 4.34. The molecule has 0 aromatic heterocycles. The lowest BCUT2D eigenvalue weighted by Crippen LogP contribution is -2.23. The monoisotopic (exact) mass is 337 g/mol. The van der Waals surface area contributed by atoms with Crippen molar-refractivity contribution in [2.75, 3.05) is 0 Å². The van der Waals surface area contributed by atoms with Crippen LogP contribution in [0.5, 0.6) is 0 Å². The highest BCUT2D eigenvalue weighted by molar-refractivity contribution is 5.94. The van der Waals surface area contributed by atoms with Gasteiger partial charge in [0.1, 0.15) is 0 Å². The van der Waals surface area contributed by atoms with Crippen LogP contribution in [0.15, 0.2) is 72.8 Å². The van der Waals surface area contributed by atoms with Crippen LogP contribution in [0.25, 0.3) is 11.1 Å². The number of nitrogens with one attached hydrogen (secondary N) is 1. The Hall–Kier alpha value is -3.89. The van der Waals surface area contributed by atoms with Crippen molar-refractivity contribution in [3.05, 3.63) is 95.1 Å². The van der Waals surface area contributed by atoms with Crippen molar-refractivity contribution >= 4 is 5.91 Å². The molecule has 0 unspecified atom stereocenters. The minimum atomic E-state index is -0.234. The largest absolute Gasteiger partial charge is 0.348 e. The minimum Gasteiger partial charge on any atom is -0.348 e. The van der Waals surface area contributed by atoms with Crippen molar-refractivity contribution in [2.45, 2.75) is 6.54 Å². The van der Waals surface area contributed by atoms with E-state index in [9.17, 15) is 4.79 Å². The van der Waals surface area contributed by atoms with Crippen LogP contribution in [-0.2, 0) is 6.54 Å². The molecule has 0 radical (unpaired) electrons. The highest BCUT2D eigenvalue weighted by Crippen LogP contribution is 2.24. The summed E-state index contributed by atoms with van der Waals surface area (Å²) < 4.78 is 0. The number of carbonyl (C=O) groups excluding carboxylic acids is 1. The van der Waals surface area contributed by atoms with Gasteiger partial charge in [0.2, 0.25) is 0 Å². The molecule has 4 nitrogen and oxygen atoms in total. The molecular weight excluding hydrogens is 322 g/mol. The van der Waals surface area contributed by atoms with Crippen molar-refractivity contribution in [2.24, 2.45) is 0 Å². The van der Waals surface area contributed by atoms with E-state index in [2.05, 4.69) is 11.4 Å². The van der Waals surface area contributed by atoms with Gasteiger partial charge in [0.25, 0.3) is 5.91 Å². The number of hydrogen-bond donors (Lipinski definition) is 1. The Morgan fingerprint density at radius 1 is 0.846 bits per heavy atom. The number of rotatable bonds is 4. The number of nitriles is 2. The number of carbonyl (C=O) groups is 1. The predicted molar refractivity (Wildman–Crippen MR) is 98.9 cm³/mol. The molecule has 26 heavy (non-hydrogen) atoms. The van der Waals surface area contributed by atoms with Crippen molar-refractivity contribution < 1.29 is 4.79 Å². The average Bonchev–Trinajstić information content (AvgIpc) is 2.72. The van der Waals surface area contributed by atoms with E-state index in [1.54, 1.807) is 30.3 Å². The van der Waals surface area contributed by atoms with Gasteiger partial charge < -0.3 is 5.32 Å². The average molecular weight is 337 g/mol. The first-order valence-corrected chi connectivity index (χ1v) is 8.08. The lowest BCUT2D eigenvalue weighted by molar-refractivity contribution is 0.0951. The van der Waals surface area contributed by atoms with E-state index in [4.69, 9.17) is 10.5 Å². The Morgan fingerprint density at radius 2 is 1.54 bits per heavy atom. The molecule has 0 saturated carbocycles. The van der Waals surface area contributed by atoms with E-state index < -0.39 is 0 Å². The van der Waals surface area contributed by atoms with Gasteiger partial charge in [-0.05, 0) is 47.0 Å². The molecule has 3 rings (SSSR count). The van der Waals surface area contributed by atoms with Gasteiger partial charge in [0.15, 0.2) is 0 Å².